The number of nitrogens with one attached hydrogen (secondary N) is 1. The highest BCUT2D eigenvalue weighted by atomic mass is 35.5. The molecule has 0 aliphatic rings. The summed E-state index contributed by atoms with van der Waals surface area (Å²) < 4.78 is 0. The van der Waals surface area contributed by atoms with Crippen molar-refractivity contribution in [2.75, 3.05) is 5.32 Å². The van der Waals surface area contributed by atoms with E-state index >= 15 is 0 Å². The van der Waals surface area contributed by atoms with E-state index in [-0.39, 0.29) is 5.75 Å². The van der Waals surface area contributed by atoms with Gasteiger partial charge in [-0.15, -0.1) is 0 Å². The second-order valence-electron chi connectivity index (χ2n) is 4.65. The van der Waals surface area contributed by atoms with Crippen molar-refractivity contribution in [3.63, 3.8) is 0 Å². The quantitative estimate of drug-likeness (QED) is 0.723. The van der Waals surface area contributed by atoms with Crippen molar-refractivity contribution < 1.29 is 5.11 Å². The molecule has 0 atom stereocenters. The van der Waals surface area contributed by atoms with Gasteiger partial charge in [0.1, 0.15) is 5.75 Å². The van der Waals surface area contributed by atoms with Gasteiger partial charge in [0.25, 0.3) is 0 Å². The number of rotatable bonds is 3. The molecule has 0 aliphatic heterocycles. The maximum Gasteiger partial charge on any atom is 0.122 e. The van der Waals surface area contributed by atoms with E-state index in [4.69, 9.17) is 11.6 Å². The Balaban J connectivity index is 1.83. The van der Waals surface area contributed by atoms with Gasteiger partial charge in [-0.2, -0.15) is 0 Å². The second-order valence-corrected chi connectivity index (χ2v) is 5.06. The monoisotopic (exact) mass is 283 g/mol. The summed E-state index contributed by atoms with van der Waals surface area (Å²) in [7, 11) is 0. The molecule has 3 heteroatoms. The average Bonchev–Trinajstić information content (AvgIpc) is 2.46. The van der Waals surface area contributed by atoms with Gasteiger partial charge in [-0.05, 0) is 35.0 Å². The van der Waals surface area contributed by atoms with Crippen LogP contribution in [0, 0.1) is 0 Å². The fourth-order valence-corrected chi connectivity index (χ4v) is 2.45. The van der Waals surface area contributed by atoms with E-state index in [2.05, 4.69) is 29.6 Å². The molecule has 0 amide bonds. The van der Waals surface area contributed by atoms with Crippen LogP contribution in [0.2, 0.25) is 5.02 Å². The van der Waals surface area contributed by atoms with Crippen molar-refractivity contribution in [2.45, 2.75) is 6.54 Å². The molecule has 2 nitrogen and oxygen atoms in total. The van der Waals surface area contributed by atoms with Crippen LogP contribution >= 0.6 is 11.6 Å². The fourth-order valence-electron chi connectivity index (χ4n) is 2.21. The van der Waals surface area contributed by atoms with Crippen molar-refractivity contribution in [1.29, 1.82) is 0 Å². The Morgan fingerprint density at radius 3 is 2.50 bits per heavy atom. The van der Waals surface area contributed by atoms with Crippen LogP contribution in [0.25, 0.3) is 10.8 Å². The molecule has 0 saturated heterocycles. The second kappa shape index (κ2) is 5.43. The third kappa shape index (κ3) is 2.56. The van der Waals surface area contributed by atoms with E-state index in [0.29, 0.717) is 17.1 Å². The lowest BCUT2D eigenvalue weighted by Crippen LogP contribution is -2.00. The van der Waals surface area contributed by atoms with Crippen LogP contribution in [-0.4, -0.2) is 5.11 Å². The molecule has 0 saturated carbocycles. The van der Waals surface area contributed by atoms with Crippen molar-refractivity contribution >= 4 is 28.1 Å². The zero-order valence-corrected chi connectivity index (χ0v) is 11.6. The number of fused-ring (bicyclic) bond motifs is 1. The maximum absolute atomic E-state index is 9.82. The van der Waals surface area contributed by atoms with E-state index in [1.54, 1.807) is 18.2 Å². The molecule has 0 fully saturated rings. The summed E-state index contributed by atoms with van der Waals surface area (Å²) >= 11 is 6.09. The van der Waals surface area contributed by atoms with Gasteiger partial charge in [0, 0.05) is 22.8 Å². The van der Waals surface area contributed by atoms with Gasteiger partial charge in [-0.25, -0.2) is 0 Å². The van der Waals surface area contributed by atoms with Crippen molar-refractivity contribution in [1.82, 2.24) is 0 Å². The summed E-state index contributed by atoms with van der Waals surface area (Å²) in [5, 5.41) is 16.1. The number of phenolic OH excluding ortho intramolecular Hbond substituents is 1. The first-order chi connectivity index (χ1) is 9.74. The van der Waals surface area contributed by atoms with Crippen LogP contribution in [0.3, 0.4) is 0 Å². The van der Waals surface area contributed by atoms with Gasteiger partial charge in [0.15, 0.2) is 0 Å². The van der Waals surface area contributed by atoms with Crippen LogP contribution < -0.4 is 5.32 Å². The number of halogens is 1. The largest absolute Gasteiger partial charge is 0.508 e. The Labute approximate surface area is 122 Å². The number of phenols is 1. The third-order valence-electron chi connectivity index (χ3n) is 3.31. The summed E-state index contributed by atoms with van der Waals surface area (Å²) in [6.45, 7) is 0.490. The summed E-state index contributed by atoms with van der Waals surface area (Å²) in [4.78, 5) is 0. The molecule has 0 aliphatic carbocycles. The predicted molar refractivity (Wildman–Crippen MR) is 84.4 cm³/mol. The molecule has 3 rings (SSSR count). The summed E-state index contributed by atoms with van der Waals surface area (Å²) in [6.07, 6.45) is 0. The van der Waals surface area contributed by atoms with Gasteiger partial charge in [0.2, 0.25) is 0 Å². The third-order valence-corrected chi connectivity index (χ3v) is 3.67. The molecule has 0 heterocycles. The predicted octanol–water partition coefficient (Wildman–Crippen LogP) is 4.81. The lowest BCUT2D eigenvalue weighted by molar-refractivity contribution is 0.469. The van der Waals surface area contributed by atoms with E-state index < -0.39 is 0 Å². The van der Waals surface area contributed by atoms with Gasteiger partial charge in [0.05, 0.1) is 0 Å². The molecule has 0 unspecified atom stereocenters. The molecule has 2 N–H and O–H groups in total. The molecular formula is C17H14ClNO. The number of aromatic hydroxyl groups is 1. The van der Waals surface area contributed by atoms with Crippen LogP contribution in [0.4, 0.5) is 5.69 Å². The van der Waals surface area contributed by atoms with Crippen LogP contribution in [0.5, 0.6) is 5.75 Å². The molecular weight excluding hydrogens is 270 g/mol. The molecule has 3 aromatic carbocycles. The maximum atomic E-state index is 9.82. The zero-order valence-electron chi connectivity index (χ0n) is 10.8. The first-order valence-electron chi connectivity index (χ1n) is 6.43. The number of hydrogen-bond acceptors (Lipinski definition) is 2. The molecule has 0 aromatic heterocycles. The van der Waals surface area contributed by atoms with E-state index in [1.165, 1.54) is 10.8 Å². The Kier molecular flexibility index (Phi) is 3.48. The fraction of sp³-hybridized carbons (Fsp3) is 0.0588. The highest BCUT2D eigenvalue weighted by Gasteiger charge is 2.05. The minimum atomic E-state index is 0.214. The first kappa shape index (κ1) is 12.8. The van der Waals surface area contributed by atoms with E-state index in [0.717, 1.165) is 5.69 Å². The van der Waals surface area contributed by atoms with Crippen LogP contribution in [-0.2, 0) is 6.54 Å². The minimum absolute atomic E-state index is 0.214. The Morgan fingerprint density at radius 2 is 1.70 bits per heavy atom. The Bertz CT molecular complexity index is 735. The standard InChI is InChI=1S/C17H14ClNO/c18-16-6-3-7-17(20)15(16)11-19-14-9-8-12-4-1-2-5-13(12)10-14/h1-10,19-20H,11H2. The van der Waals surface area contributed by atoms with Crippen LogP contribution in [0.1, 0.15) is 5.56 Å². The lowest BCUT2D eigenvalue weighted by atomic mass is 10.1. The average molecular weight is 284 g/mol. The van der Waals surface area contributed by atoms with Crippen molar-refractivity contribution in [2.24, 2.45) is 0 Å². The van der Waals surface area contributed by atoms with Gasteiger partial charge >= 0.3 is 0 Å². The molecule has 0 spiro atoms. The van der Waals surface area contributed by atoms with Crippen molar-refractivity contribution in [3.05, 3.63) is 71.2 Å². The lowest BCUT2D eigenvalue weighted by Gasteiger charge is -2.10. The normalized spacial score (nSPS) is 10.7. The topological polar surface area (TPSA) is 32.3 Å². The Hall–Kier alpha value is -2.19. The van der Waals surface area contributed by atoms with E-state index in [9.17, 15) is 5.11 Å². The van der Waals surface area contributed by atoms with Crippen molar-refractivity contribution in [3.8, 4) is 5.75 Å². The number of anilines is 1. The van der Waals surface area contributed by atoms with Gasteiger partial charge < -0.3 is 10.4 Å². The van der Waals surface area contributed by atoms with Crippen LogP contribution in [0.15, 0.2) is 60.7 Å². The highest BCUT2D eigenvalue weighted by molar-refractivity contribution is 6.31. The Morgan fingerprint density at radius 1 is 0.900 bits per heavy atom. The zero-order chi connectivity index (χ0) is 13.9. The molecule has 0 bridgehead atoms. The summed E-state index contributed by atoms with van der Waals surface area (Å²) in [6, 6.07) is 19.5. The summed E-state index contributed by atoms with van der Waals surface area (Å²) in [5.74, 6) is 0.214. The molecule has 0 radical (unpaired) electrons. The smallest absolute Gasteiger partial charge is 0.122 e. The SMILES string of the molecule is Oc1cccc(Cl)c1CNc1ccc2ccccc2c1. The highest BCUT2D eigenvalue weighted by Crippen LogP contribution is 2.26. The summed E-state index contributed by atoms with van der Waals surface area (Å²) in [5.41, 5.74) is 1.71. The van der Waals surface area contributed by atoms with E-state index in [1.807, 2.05) is 18.2 Å². The molecule has 100 valence electrons. The molecule has 20 heavy (non-hydrogen) atoms. The van der Waals surface area contributed by atoms with Gasteiger partial charge in [-0.3, -0.25) is 0 Å². The number of hydrogen-bond donors (Lipinski definition) is 2. The van der Waals surface area contributed by atoms with Gasteiger partial charge in [-0.1, -0.05) is 48.0 Å². The first-order valence-corrected chi connectivity index (χ1v) is 6.81. The number of benzene rings is 3. The minimum Gasteiger partial charge on any atom is -0.508 e. The molecule has 3 aromatic rings.